The number of anilines is 1. The van der Waals surface area contributed by atoms with E-state index in [-0.39, 0.29) is 35.9 Å². The van der Waals surface area contributed by atoms with Gasteiger partial charge in [0.2, 0.25) is 15.9 Å². The van der Waals surface area contributed by atoms with Gasteiger partial charge in [-0.25, -0.2) is 12.8 Å². The number of nitrogens with zero attached hydrogens (tertiary/aromatic N) is 1. The van der Waals surface area contributed by atoms with E-state index in [2.05, 4.69) is 5.32 Å². The van der Waals surface area contributed by atoms with Crippen LogP contribution in [0.4, 0.5) is 10.1 Å². The Bertz CT molecular complexity index is 953. The molecule has 1 fully saturated rings. The van der Waals surface area contributed by atoms with Crippen LogP contribution in [0.1, 0.15) is 26.7 Å². The maximum atomic E-state index is 13.1. The highest BCUT2D eigenvalue weighted by molar-refractivity contribution is 7.89. The minimum Gasteiger partial charge on any atom is -0.491 e. The van der Waals surface area contributed by atoms with Gasteiger partial charge in [-0.15, -0.1) is 0 Å². The number of amides is 1. The molecule has 2 aromatic rings. The second-order valence-electron chi connectivity index (χ2n) is 7.32. The Hall–Kier alpha value is -2.45. The molecule has 2 aromatic carbocycles. The van der Waals surface area contributed by atoms with Crippen LogP contribution in [0.3, 0.4) is 0 Å². The van der Waals surface area contributed by atoms with Gasteiger partial charge in [0.25, 0.3) is 0 Å². The molecular formula is C21H25FN2O4S. The lowest BCUT2D eigenvalue weighted by molar-refractivity contribution is -0.120. The highest BCUT2D eigenvalue weighted by atomic mass is 32.2. The Kier molecular flexibility index (Phi) is 6.54. The van der Waals surface area contributed by atoms with E-state index >= 15 is 0 Å². The van der Waals surface area contributed by atoms with Gasteiger partial charge in [0.15, 0.2) is 0 Å². The smallest absolute Gasteiger partial charge is 0.243 e. The van der Waals surface area contributed by atoms with Crippen LogP contribution in [0.25, 0.3) is 0 Å². The normalized spacial score (nSPS) is 16.0. The largest absolute Gasteiger partial charge is 0.491 e. The average molecular weight is 421 g/mol. The van der Waals surface area contributed by atoms with Gasteiger partial charge in [-0.3, -0.25) is 4.79 Å². The van der Waals surface area contributed by atoms with Crippen molar-refractivity contribution in [3.63, 3.8) is 0 Å². The molecule has 1 aliphatic heterocycles. The zero-order valence-corrected chi connectivity index (χ0v) is 17.3. The molecule has 1 amide bonds. The van der Waals surface area contributed by atoms with Crippen molar-refractivity contribution in [2.75, 3.05) is 18.4 Å². The van der Waals surface area contributed by atoms with Crippen LogP contribution in [0, 0.1) is 11.7 Å². The van der Waals surface area contributed by atoms with Crippen molar-refractivity contribution in [1.82, 2.24) is 4.31 Å². The average Bonchev–Trinajstić information content (AvgIpc) is 2.68. The Labute approximate surface area is 170 Å². The van der Waals surface area contributed by atoms with Gasteiger partial charge in [0.05, 0.1) is 11.0 Å². The van der Waals surface area contributed by atoms with Crippen molar-refractivity contribution < 1.29 is 22.3 Å². The maximum Gasteiger partial charge on any atom is 0.243 e. The number of carbonyl (C=O) groups is 1. The number of nitrogens with one attached hydrogen (secondary N) is 1. The Morgan fingerprint density at radius 1 is 1.14 bits per heavy atom. The summed E-state index contributed by atoms with van der Waals surface area (Å²) in [6, 6.07) is 12.0. The molecule has 29 heavy (non-hydrogen) atoms. The molecule has 3 rings (SSSR count). The van der Waals surface area contributed by atoms with Gasteiger partial charge in [-0.05, 0) is 63.1 Å². The van der Waals surface area contributed by atoms with Crippen LogP contribution < -0.4 is 10.1 Å². The molecule has 0 aromatic heterocycles. The maximum absolute atomic E-state index is 13.1. The molecule has 1 aliphatic rings. The van der Waals surface area contributed by atoms with Crippen molar-refractivity contribution >= 4 is 21.6 Å². The van der Waals surface area contributed by atoms with Crippen molar-refractivity contribution in [3.05, 3.63) is 54.3 Å². The molecule has 156 valence electrons. The number of halogens is 1. The zero-order chi connectivity index (χ0) is 21.0. The molecule has 0 bridgehead atoms. The predicted octanol–water partition coefficient (Wildman–Crippen LogP) is 3.65. The minimum atomic E-state index is -3.69. The quantitative estimate of drug-likeness (QED) is 0.774. The van der Waals surface area contributed by atoms with Crippen molar-refractivity contribution in [3.8, 4) is 5.75 Å². The molecule has 0 atom stereocenters. The molecule has 1 saturated heterocycles. The fraction of sp³-hybridized carbons (Fsp3) is 0.381. The lowest BCUT2D eigenvalue weighted by Gasteiger charge is -2.30. The SMILES string of the molecule is CC(C)Oc1cccc(NC(=O)C2CCN(S(=O)(=O)c3ccc(F)cc3)CC2)c1. The number of carbonyl (C=O) groups excluding carboxylic acids is 1. The third-order valence-corrected chi connectivity index (χ3v) is 6.66. The number of hydrogen-bond donors (Lipinski definition) is 1. The van der Waals surface area contributed by atoms with E-state index < -0.39 is 15.8 Å². The highest BCUT2D eigenvalue weighted by Crippen LogP contribution is 2.26. The molecule has 0 aliphatic carbocycles. The summed E-state index contributed by atoms with van der Waals surface area (Å²) in [4.78, 5) is 12.7. The van der Waals surface area contributed by atoms with E-state index in [0.717, 1.165) is 12.1 Å². The van der Waals surface area contributed by atoms with E-state index in [4.69, 9.17) is 4.74 Å². The lowest BCUT2D eigenvalue weighted by atomic mass is 9.97. The lowest BCUT2D eigenvalue weighted by Crippen LogP contribution is -2.41. The molecule has 6 nitrogen and oxygen atoms in total. The van der Waals surface area contributed by atoms with Gasteiger partial charge in [0, 0.05) is 30.8 Å². The number of sulfonamides is 1. The molecule has 1 heterocycles. The van der Waals surface area contributed by atoms with Crippen molar-refractivity contribution in [2.24, 2.45) is 5.92 Å². The summed E-state index contributed by atoms with van der Waals surface area (Å²) in [6.45, 7) is 4.35. The Balaban J connectivity index is 1.59. The van der Waals surface area contributed by atoms with Crippen molar-refractivity contribution in [2.45, 2.75) is 37.7 Å². The van der Waals surface area contributed by atoms with Crippen LogP contribution in [-0.4, -0.2) is 37.8 Å². The number of hydrogen-bond acceptors (Lipinski definition) is 4. The van der Waals surface area contributed by atoms with E-state index in [1.54, 1.807) is 12.1 Å². The number of benzene rings is 2. The fourth-order valence-electron chi connectivity index (χ4n) is 3.28. The molecule has 0 unspecified atom stereocenters. The zero-order valence-electron chi connectivity index (χ0n) is 16.5. The first-order chi connectivity index (χ1) is 13.8. The summed E-state index contributed by atoms with van der Waals surface area (Å²) in [5.74, 6) is -0.213. The summed E-state index contributed by atoms with van der Waals surface area (Å²) in [5.41, 5.74) is 0.648. The monoisotopic (exact) mass is 420 g/mol. The first-order valence-electron chi connectivity index (χ1n) is 9.59. The van der Waals surface area contributed by atoms with Gasteiger partial charge in [0.1, 0.15) is 11.6 Å². The van der Waals surface area contributed by atoms with Gasteiger partial charge < -0.3 is 10.1 Å². The molecule has 0 radical (unpaired) electrons. The third kappa shape index (κ3) is 5.33. The summed E-state index contributed by atoms with van der Waals surface area (Å²) in [5, 5.41) is 2.89. The standard InChI is InChI=1S/C21H25FN2O4S/c1-15(2)28-19-5-3-4-18(14-19)23-21(25)16-10-12-24(13-11-16)29(26,27)20-8-6-17(22)7-9-20/h3-9,14-16H,10-13H2,1-2H3,(H,23,25). The minimum absolute atomic E-state index is 0.0355. The Morgan fingerprint density at radius 2 is 1.79 bits per heavy atom. The molecule has 1 N–H and O–H groups in total. The second-order valence-corrected chi connectivity index (χ2v) is 9.25. The van der Waals surface area contributed by atoms with Gasteiger partial charge in [-0.1, -0.05) is 6.07 Å². The van der Waals surface area contributed by atoms with Gasteiger partial charge >= 0.3 is 0 Å². The Morgan fingerprint density at radius 3 is 2.41 bits per heavy atom. The fourth-order valence-corrected chi connectivity index (χ4v) is 4.75. The van der Waals surface area contributed by atoms with Crippen molar-refractivity contribution in [1.29, 1.82) is 0 Å². The predicted molar refractivity (Wildman–Crippen MR) is 109 cm³/mol. The molecule has 8 heteroatoms. The van der Waals surface area contributed by atoms with Crippen LogP contribution in [0.5, 0.6) is 5.75 Å². The van der Waals surface area contributed by atoms with Crippen LogP contribution >= 0.6 is 0 Å². The molecule has 0 spiro atoms. The highest BCUT2D eigenvalue weighted by Gasteiger charge is 2.32. The van der Waals surface area contributed by atoms with Crippen LogP contribution in [0.2, 0.25) is 0 Å². The van der Waals surface area contributed by atoms with Crippen LogP contribution in [-0.2, 0) is 14.8 Å². The topological polar surface area (TPSA) is 75.7 Å². The van der Waals surface area contributed by atoms with E-state index in [1.807, 2.05) is 26.0 Å². The number of ether oxygens (including phenoxy) is 1. The number of rotatable bonds is 6. The summed E-state index contributed by atoms with van der Waals surface area (Å²) < 4.78 is 45.4. The number of piperidine rings is 1. The van der Waals surface area contributed by atoms with E-state index in [0.29, 0.717) is 24.3 Å². The summed E-state index contributed by atoms with van der Waals surface area (Å²) in [7, 11) is -3.69. The first kappa shape index (κ1) is 21.3. The van der Waals surface area contributed by atoms with Crippen LogP contribution in [0.15, 0.2) is 53.4 Å². The first-order valence-corrected chi connectivity index (χ1v) is 11.0. The molecule has 0 saturated carbocycles. The third-order valence-electron chi connectivity index (χ3n) is 4.75. The van der Waals surface area contributed by atoms with Gasteiger partial charge in [-0.2, -0.15) is 4.31 Å². The summed E-state index contributed by atoms with van der Waals surface area (Å²) in [6.07, 6.45) is 0.886. The second kappa shape index (κ2) is 8.92. The summed E-state index contributed by atoms with van der Waals surface area (Å²) >= 11 is 0. The van der Waals surface area contributed by atoms with E-state index in [9.17, 15) is 17.6 Å². The molecular weight excluding hydrogens is 395 g/mol. The van der Waals surface area contributed by atoms with E-state index in [1.165, 1.54) is 16.4 Å².